The number of carbonyl (C=O) groups is 1. The van der Waals surface area contributed by atoms with Crippen LogP contribution in [0.2, 0.25) is 5.02 Å². The second-order valence-corrected chi connectivity index (χ2v) is 5.64. The molecule has 0 saturated carbocycles. The first-order valence-corrected chi connectivity index (χ1v) is 7.00. The van der Waals surface area contributed by atoms with E-state index in [0.29, 0.717) is 35.2 Å². The van der Waals surface area contributed by atoms with Gasteiger partial charge in [0.05, 0.1) is 11.1 Å². The molecule has 0 aliphatic carbocycles. The summed E-state index contributed by atoms with van der Waals surface area (Å²) in [7, 11) is 0. The van der Waals surface area contributed by atoms with Crippen molar-refractivity contribution in [3.05, 3.63) is 22.7 Å². The van der Waals surface area contributed by atoms with Gasteiger partial charge in [0.1, 0.15) is 0 Å². The van der Waals surface area contributed by atoms with Crippen LogP contribution in [-0.2, 0) is 0 Å². The Bertz CT molecular complexity index is 546. The topological polar surface area (TPSA) is 59.0 Å². The van der Waals surface area contributed by atoms with E-state index in [2.05, 4.69) is 0 Å². The first kappa shape index (κ1) is 13.5. The monoisotopic (exact) mass is 297 g/mol. The van der Waals surface area contributed by atoms with Crippen LogP contribution in [0.4, 0.5) is 0 Å². The molecule has 2 aliphatic heterocycles. The van der Waals surface area contributed by atoms with E-state index in [4.69, 9.17) is 21.1 Å². The molecular weight excluding hydrogens is 282 g/mol. The van der Waals surface area contributed by atoms with Crippen molar-refractivity contribution in [1.82, 2.24) is 4.90 Å². The fourth-order valence-electron chi connectivity index (χ4n) is 2.64. The lowest BCUT2D eigenvalue weighted by atomic mass is 10.0. The summed E-state index contributed by atoms with van der Waals surface area (Å²) < 4.78 is 10.5. The van der Waals surface area contributed by atoms with E-state index in [1.165, 1.54) is 0 Å². The predicted octanol–water partition coefficient (Wildman–Crippen LogP) is 1.91. The van der Waals surface area contributed by atoms with Gasteiger partial charge in [0.15, 0.2) is 11.5 Å². The van der Waals surface area contributed by atoms with E-state index < -0.39 is 6.10 Å². The number of aliphatic hydroxyl groups excluding tert-OH is 1. The number of hydrogen-bond donors (Lipinski definition) is 1. The van der Waals surface area contributed by atoms with Gasteiger partial charge in [-0.3, -0.25) is 4.79 Å². The van der Waals surface area contributed by atoms with Gasteiger partial charge in [0, 0.05) is 24.6 Å². The highest BCUT2D eigenvalue weighted by atomic mass is 35.5. The molecular formula is C14H16ClNO4. The molecule has 1 N–H and O–H groups in total. The fraction of sp³-hybridized carbons (Fsp3) is 0.500. The van der Waals surface area contributed by atoms with E-state index in [1.807, 2.05) is 0 Å². The summed E-state index contributed by atoms with van der Waals surface area (Å²) in [4.78, 5) is 14.2. The Morgan fingerprint density at radius 2 is 2.30 bits per heavy atom. The van der Waals surface area contributed by atoms with Crippen LogP contribution >= 0.6 is 11.6 Å². The Morgan fingerprint density at radius 1 is 1.50 bits per heavy atom. The predicted molar refractivity (Wildman–Crippen MR) is 73.3 cm³/mol. The fourth-order valence-corrected chi connectivity index (χ4v) is 2.90. The van der Waals surface area contributed by atoms with Gasteiger partial charge in [-0.05, 0) is 25.5 Å². The van der Waals surface area contributed by atoms with Crippen LogP contribution in [0.1, 0.15) is 23.7 Å². The molecule has 0 radical (unpaired) electrons. The van der Waals surface area contributed by atoms with E-state index in [-0.39, 0.29) is 18.6 Å². The third-order valence-electron chi connectivity index (χ3n) is 3.87. The van der Waals surface area contributed by atoms with Crippen LogP contribution in [0.3, 0.4) is 0 Å². The Hall–Kier alpha value is -1.46. The zero-order chi connectivity index (χ0) is 14.3. The summed E-state index contributed by atoms with van der Waals surface area (Å²) in [6.45, 7) is 3.11. The average Bonchev–Trinajstić information content (AvgIpc) is 3.06. The zero-order valence-corrected chi connectivity index (χ0v) is 11.9. The second kappa shape index (κ2) is 5.14. The van der Waals surface area contributed by atoms with Gasteiger partial charge in [-0.1, -0.05) is 11.6 Å². The van der Waals surface area contributed by atoms with Crippen LogP contribution in [0.15, 0.2) is 12.1 Å². The summed E-state index contributed by atoms with van der Waals surface area (Å²) in [5.41, 5.74) is 0.491. The molecule has 0 bridgehead atoms. The maximum atomic E-state index is 12.5. The van der Waals surface area contributed by atoms with E-state index in [0.717, 1.165) is 6.42 Å². The van der Waals surface area contributed by atoms with Gasteiger partial charge in [-0.15, -0.1) is 0 Å². The molecule has 2 unspecified atom stereocenters. The molecule has 1 saturated heterocycles. The molecule has 1 aromatic carbocycles. The Kier molecular flexibility index (Phi) is 3.48. The third-order valence-corrected chi connectivity index (χ3v) is 4.15. The van der Waals surface area contributed by atoms with Crippen molar-refractivity contribution in [3.63, 3.8) is 0 Å². The molecule has 2 heterocycles. The number of amides is 1. The molecule has 2 aliphatic rings. The van der Waals surface area contributed by atoms with E-state index >= 15 is 0 Å². The van der Waals surface area contributed by atoms with Crippen LogP contribution in [0.25, 0.3) is 0 Å². The first-order chi connectivity index (χ1) is 9.56. The molecule has 0 spiro atoms. The van der Waals surface area contributed by atoms with Crippen LogP contribution in [0.5, 0.6) is 11.5 Å². The highest BCUT2D eigenvalue weighted by Gasteiger charge is 2.30. The van der Waals surface area contributed by atoms with Crippen LogP contribution < -0.4 is 9.47 Å². The van der Waals surface area contributed by atoms with Gasteiger partial charge in [0.2, 0.25) is 6.79 Å². The molecule has 0 aromatic heterocycles. The Labute approximate surface area is 122 Å². The minimum absolute atomic E-state index is 0.0895. The van der Waals surface area contributed by atoms with Crippen molar-refractivity contribution in [2.24, 2.45) is 5.92 Å². The average molecular weight is 298 g/mol. The minimum atomic E-state index is -0.395. The Morgan fingerprint density at radius 3 is 3.00 bits per heavy atom. The van der Waals surface area contributed by atoms with Gasteiger partial charge in [-0.2, -0.15) is 0 Å². The van der Waals surface area contributed by atoms with Crippen molar-refractivity contribution in [2.45, 2.75) is 19.4 Å². The lowest BCUT2D eigenvalue weighted by molar-refractivity contribution is 0.0762. The molecule has 6 heteroatoms. The quantitative estimate of drug-likeness (QED) is 0.906. The van der Waals surface area contributed by atoms with Gasteiger partial charge in [-0.25, -0.2) is 0 Å². The summed E-state index contributed by atoms with van der Waals surface area (Å²) in [5, 5.41) is 9.98. The lowest BCUT2D eigenvalue weighted by Crippen LogP contribution is -2.30. The molecule has 1 aromatic rings. The molecule has 1 fully saturated rings. The molecule has 20 heavy (non-hydrogen) atoms. The summed E-state index contributed by atoms with van der Waals surface area (Å²) in [6.07, 6.45) is 0.426. The van der Waals surface area contributed by atoms with Gasteiger partial charge >= 0.3 is 0 Å². The normalized spacial score (nSPS) is 22.1. The van der Waals surface area contributed by atoms with Crippen molar-refractivity contribution in [3.8, 4) is 11.5 Å². The maximum Gasteiger partial charge on any atom is 0.254 e. The number of likely N-dealkylation sites (tertiary alicyclic amines) is 1. The number of carbonyl (C=O) groups excluding carboxylic acids is 1. The number of ether oxygens (including phenoxy) is 2. The number of benzene rings is 1. The number of fused-ring (bicyclic) bond motifs is 1. The Balaban J connectivity index is 1.80. The molecule has 1 amide bonds. The second-order valence-electron chi connectivity index (χ2n) is 5.23. The van der Waals surface area contributed by atoms with Gasteiger partial charge in [0.25, 0.3) is 5.91 Å². The first-order valence-electron chi connectivity index (χ1n) is 6.62. The number of rotatable bonds is 2. The molecule has 2 atom stereocenters. The van der Waals surface area contributed by atoms with Crippen molar-refractivity contribution >= 4 is 17.5 Å². The lowest BCUT2D eigenvalue weighted by Gasteiger charge is -2.18. The minimum Gasteiger partial charge on any atom is -0.454 e. The van der Waals surface area contributed by atoms with Gasteiger partial charge < -0.3 is 19.5 Å². The molecule has 3 rings (SSSR count). The van der Waals surface area contributed by atoms with E-state index in [9.17, 15) is 9.90 Å². The van der Waals surface area contributed by atoms with Crippen LogP contribution in [0, 0.1) is 5.92 Å². The SMILES string of the molecule is CC(O)C1CCN(C(=O)c2cc(Cl)c3c(c2)OCO3)C1. The summed E-state index contributed by atoms with van der Waals surface area (Å²) in [5.74, 6) is 1.05. The summed E-state index contributed by atoms with van der Waals surface area (Å²) >= 11 is 6.09. The smallest absolute Gasteiger partial charge is 0.254 e. The zero-order valence-electron chi connectivity index (χ0n) is 11.1. The largest absolute Gasteiger partial charge is 0.454 e. The van der Waals surface area contributed by atoms with Crippen molar-refractivity contribution < 1.29 is 19.4 Å². The highest BCUT2D eigenvalue weighted by molar-refractivity contribution is 6.32. The highest BCUT2D eigenvalue weighted by Crippen LogP contribution is 2.40. The van der Waals surface area contributed by atoms with Crippen molar-refractivity contribution in [2.75, 3.05) is 19.9 Å². The number of hydrogen-bond acceptors (Lipinski definition) is 4. The van der Waals surface area contributed by atoms with Crippen molar-refractivity contribution in [1.29, 1.82) is 0 Å². The summed E-state index contributed by atoms with van der Waals surface area (Å²) in [6, 6.07) is 3.26. The van der Waals surface area contributed by atoms with E-state index in [1.54, 1.807) is 24.0 Å². The number of aliphatic hydroxyl groups is 1. The number of halogens is 1. The molecule has 108 valence electrons. The number of nitrogens with zero attached hydrogens (tertiary/aromatic N) is 1. The standard InChI is InChI=1S/C14H16ClNO4/c1-8(17)9-2-3-16(6-9)14(18)10-4-11(15)13-12(5-10)19-7-20-13/h4-5,8-9,17H,2-3,6-7H2,1H3. The molecule has 5 nitrogen and oxygen atoms in total. The van der Waals surface area contributed by atoms with Crippen LogP contribution in [-0.4, -0.2) is 41.9 Å². The maximum absolute atomic E-state index is 12.5. The third kappa shape index (κ3) is 2.31.